The second-order valence-electron chi connectivity index (χ2n) is 9.42. The van der Waals surface area contributed by atoms with E-state index in [1.54, 1.807) is 0 Å². The molecule has 0 radical (unpaired) electrons. The zero-order valence-electron chi connectivity index (χ0n) is 19.0. The van der Waals surface area contributed by atoms with E-state index in [0.717, 1.165) is 47.9 Å². The number of hydrogen-bond acceptors (Lipinski definition) is 3. The number of fused-ring (bicyclic) bond motifs is 2. The van der Waals surface area contributed by atoms with Crippen molar-refractivity contribution < 1.29 is 9.59 Å². The van der Waals surface area contributed by atoms with Gasteiger partial charge in [-0.15, -0.1) is 0 Å². The minimum atomic E-state index is -0.370. The number of carbonyl (C=O) groups is 2. The lowest BCUT2D eigenvalue weighted by atomic mass is 9.78. The Hall–Kier alpha value is -2.66. The van der Waals surface area contributed by atoms with Gasteiger partial charge in [-0.05, 0) is 70.3 Å². The highest BCUT2D eigenvalue weighted by atomic mass is 16.2. The maximum Gasteiger partial charge on any atom is 0.252 e. The van der Waals surface area contributed by atoms with Crippen molar-refractivity contribution in [2.24, 2.45) is 0 Å². The summed E-state index contributed by atoms with van der Waals surface area (Å²) in [6.07, 6.45) is 3.84. The van der Waals surface area contributed by atoms with Crippen LogP contribution in [0.25, 0.3) is 0 Å². The minimum Gasteiger partial charge on any atom is -0.343 e. The van der Waals surface area contributed by atoms with Gasteiger partial charge in [0.25, 0.3) is 5.91 Å². The van der Waals surface area contributed by atoms with Crippen LogP contribution in [0.1, 0.15) is 58.8 Å². The van der Waals surface area contributed by atoms with E-state index in [0.29, 0.717) is 6.54 Å². The first-order valence-corrected chi connectivity index (χ1v) is 11.2. The molecular weight excluding hydrogens is 386 g/mol. The number of hydrogen-bond donors (Lipinski definition) is 1. The molecule has 0 saturated carbocycles. The number of amides is 2. The van der Waals surface area contributed by atoms with E-state index in [1.165, 1.54) is 0 Å². The Morgan fingerprint density at radius 1 is 1.03 bits per heavy atom. The first kappa shape index (κ1) is 21.6. The molecule has 0 aliphatic carbocycles. The van der Waals surface area contributed by atoms with Gasteiger partial charge in [-0.1, -0.05) is 48.5 Å². The third kappa shape index (κ3) is 3.87. The van der Waals surface area contributed by atoms with Gasteiger partial charge < -0.3 is 15.1 Å². The van der Waals surface area contributed by atoms with Crippen molar-refractivity contribution in [2.75, 3.05) is 20.6 Å². The fourth-order valence-corrected chi connectivity index (χ4v) is 5.74. The standard InChI is InChI=1S/C26H33N3O2/c1-18-9-8-10-19(2)23(18)25(31)27-24(20-11-6-5-7-12-20)26-15-13-21(14-16-26)29(26)22(30)17-28(3)4/h5-12,21,24H,13-17H2,1-4H3,(H,27,31)/t21?,24-,26?/m1/s1. The summed E-state index contributed by atoms with van der Waals surface area (Å²) >= 11 is 0. The quantitative estimate of drug-likeness (QED) is 0.774. The van der Waals surface area contributed by atoms with Gasteiger partial charge in [-0.25, -0.2) is 0 Å². The van der Waals surface area contributed by atoms with Crippen LogP contribution in [-0.2, 0) is 4.79 Å². The SMILES string of the molecule is Cc1cccc(C)c1C(=O)N[C@H](c1ccccc1)C12CCC(CC1)N2C(=O)CN(C)C. The summed E-state index contributed by atoms with van der Waals surface area (Å²) in [7, 11) is 3.86. The van der Waals surface area contributed by atoms with Gasteiger partial charge in [-0.2, -0.15) is 0 Å². The van der Waals surface area contributed by atoms with E-state index in [1.807, 2.05) is 69.2 Å². The van der Waals surface area contributed by atoms with Crippen LogP contribution in [0.4, 0.5) is 0 Å². The summed E-state index contributed by atoms with van der Waals surface area (Å²) in [6.45, 7) is 4.35. The molecule has 164 valence electrons. The maximum absolute atomic E-state index is 13.5. The average Bonchev–Trinajstić information content (AvgIpc) is 3.28. The molecule has 2 fully saturated rings. The van der Waals surface area contributed by atoms with Crippen LogP contribution in [0, 0.1) is 13.8 Å². The summed E-state index contributed by atoms with van der Waals surface area (Å²) in [5.41, 5.74) is 3.37. The third-order valence-corrected chi connectivity index (χ3v) is 7.04. The predicted molar refractivity (Wildman–Crippen MR) is 123 cm³/mol. The second-order valence-corrected chi connectivity index (χ2v) is 9.42. The normalized spacial score (nSPS) is 23.3. The van der Waals surface area contributed by atoms with E-state index < -0.39 is 0 Å². The molecule has 4 rings (SSSR count). The molecule has 2 amide bonds. The van der Waals surface area contributed by atoms with Crippen LogP contribution >= 0.6 is 0 Å². The zero-order valence-corrected chi connectivity index (χ0v) is 19.0. The topological polar surface area (TPSA) is 52.7 Å². The molecular formula is C26H33N3O2. The highest BCUT2D eigenvalue weighted by molar-refractivity contribution is 5.97. The van der Waals surface area contributed by atoms with E-state index in [-0.39, 0.29) is 29.4 Å². The molecule has 1 atom stereocenters. The Kier molecular flexibility index (Phi) is 5.89. The first-order chi connectivity index (χ1) is 14.8. The van der Waals surface area contributed by atoms with Gasteiger partial charge >= 0.3 is 0 Å². The van der Waals surface area contributed by atoms with Crippen LogP contribution in [0.15, 0.2) is 48.5 Å². The van der Waals surface area contributed by atoms with Crippen LogP contribution < -0.4 is 5.32 Å². The Bertz CT molecular complexity index is 942. The molecule has 5 nitrogen and oxygen atoms in total. The van der Waals surface area contributed by atoms with E-state index in [2.05, 4.69) is 22.3 Å². The number of carbonyl (C=O) groups excluding carboxylic acids is 2. The van der Waals surface area contributed by atoms with Gasteiger partial charge in [0, 0.05) is 11.6 Å². The maximum atomic E-state index is 13.5. The van der Waals surface area contributed by atoms with Crippen LogP contribution in [-0.4, -0.2) is 53.8 Å². The van der Waals surface area contributed by atoms with E-state index >= 15 is 0 Å². The van der Waals surface area contributed by atoms with Crippen molar-refractivity contribution in [1.82, 2.24) is 15.1 Å². The number of likely N-dealkylation sites (N-methyl/N-ethyl adjacent to an activating group) is 1. The Morgan fingerprint density at radius 3 is 2.23 bits per heavy atom. The lowest BCUT2D eigenvalue weighted by Gasteiger charge is -2.42. The lowest BCUT2D eigenvalue weighted by molar-refractivity contribution is -0.137. The van der Waals surface area contributed by atoms with Crippen molar-refractivity contribution in [1.29, 1.82) is 0 Å². The number of nitrogens with zero attached hydrogens (tertiary/aromatic N) is 2. The molecule has 5 heteroatoms. The molecule has 2 saturated heterocycles. The lowest BCUT2D eigenvalue weighted by Crippen LogP contribution is -2.55. The van der Waals surface area contributed by atoms with Gasteiger partial charge in [0.2, 0.25) is 5.91 Å². The fraction of sp³-hybridized carbons (Fsp3) is 0.462. The minimum absolute atomic E-state index is 0.0609. The summed E-state index contributed by atoms with van der Waals surface area (Å²) in [5.74, 6) is 0.0986. The van der Waals surface area contributed by atoms with Crippen molar-refractivity contribution in [3.8, 4) is 0 Å². The highest BCUT2D eigenvalue weighted by Gasteiger charge is 2.58. The van der Waals surface area contributed by atoms with E-state index in [4.69, 9.17) is 0 Å². The van der Waals surface area contributed by atoms with Crippen LogP contribution in [0.2, 0.25) is 0 Å². The van der Waals surface area contributed by atoms with Gasteiger partial charge in [0.15, 0.2) is 0 Å². The first-order valence-electron chi connectivity index (χ1n) is 11.2. The molecule has 2 bridgehead atoms. The molecule has 2 aliphatic rings. The summed E-state index contributed by atoms with van der Waals surface area (Å²) in [4.78, 5) is 30.9. The summed E-state index contributed by atoms with van der Waals surface area (Å²) in [5, 5.41) is 3.38. The van der Waals surface area contributed by atoms with Crippen LogP contribution in [0.5, 0.6) is 0 Å². The van der Waals surface area contributed by atoms with E-state index in [9.17, 15) is 9.59 Å². The van der Waals surface area contributed by atoms with Crippen molar-refractivity contribution in [3.05, 3.63) is 70.8 Å². The largest absolute Gasteiger partial charge is 0.343 e. The fourth-order valence-electron chi connectivity index (χ4n) is 5.74. The van der Waals surface area contributed by atoms with Gasteiger partial charge in [-0.3, -0.25) is 9.59 Å². The monoisotopic (exact) mass is 419 g/mol. The van der Waals surface area contributed by atoms with Gasteiger partial charge in [0.1, 0.15) is 0 Å². The second kappa shape index (κ2) is 8.46. The number of rotatable bonds is 6. The zero-order chi connectivity index (χ0) is 22.2. The molecule has 2 aliphatic heterocycles. The molecule has 0 unspecified atom stereocenters. The number of benzene rings is 2. The molecule has 1 N–H and O–H groups in total. The Balaban J connectivity index is 1.74. The predicted octanol–water partition coefficient (Wildman–Crippen LogP) is 3.86. The Labute approximate surface area is 185 Å². The Morgan fingerprint density at radius 2 is 1.65 bits per heavy atom. The van der Waals surface area contributed by atoms with Crippen molar-refractivity contribution in [3.63, 3.8) is 0 Å². The van der Waals surface area contributed by atoms with Crippen molar-refractivity contribution >= 4 is 11.8 Å². The molecule has 31 heavy (non-hydrogen) atoms. The van der Waals surface area contributed by atoms with Crippen molar-refractivity contribution in [2.45, 2.75) is 57.2 Å². The molecule has 2 aromatic carbocycles. The smallest absolute Gasteiger partial charge is 0.252 e. The molecule has 0 aromatic heterocycles. The average molecular weight is 420 g/mol. The summed E-state index contributed by atoms with van der Waals surface area (Å²) < 4.78 is 0. The van der Waals surface area contributed by atoms with Gasteiger partial charge in [0.05, 0.1) is 18.1 Å². The summed E-state index contributed by atoms with van der Waals surface area (Å²) in [6, 6.07) is 16.1. The molecule has 2 heterocycles. The highest BCUT2D eigenvalue weighted by Crippen LogP contribution is 2.52. The molecule has 0 spiro atoms. The number of aryl methyl sites for hydroxylation is 2. The molecule has 2 aromatic rings. The third-order valence-electron chi connectivity index (χ3n) is 7.04. The van der Waals surface area contributed by atoms with Crippen LogP contribution in [0.3, 0.4) is 0 Å². The number of nitrogens with one attached hydrogen (secondary N) is 1.